The molecule has 0 saturated carbocycles. The van der Waals surface area contributed by atoms with E-state index in [0.29, 0.717) is 0 Å². The van der Waals surface area contributed by atoms with Crippen molar-refractivity contribution in [3.63, 3.8) is 0 Å². The molecule has 0 aliphatic heterocycles. The van der Waals surface area contributed by atoms with Gasteiger partial charge in [-0.2, -0.15) is 0 Å². The second kappa shape index (κ2) is 15.8. The molecule has 0 aliphatic carbocycles. The number of hydrogen-bond acceptors (Lipinski definition) is 2. The average molecular weight is 261 g/mol. The van der Waals surface area contributed by atoms with Gasteiger partial charge in [0.05, 0.1) is 8.69 Å². The zero-order valence-electron chi connectivity index (χ0n) is 5.18. The Morgan fingerprint density at radius 3 is 1.75 bits per heavy atom. The maximum atomic E-state index is 8.35. The van der Waals surface area contributed by atoms with Gasteiger partial charge in [-0.1, -0.05) is 0 Å². The number of hydrogen-bond donors (Lipinski definition) is 0. The van der Waals surface area contributed by atoms with E-state index in [1.807, 2.05) is 0 Å². The monoisotopic (exact) mass is 261 g/mol. The van der Waals surface area contributed by atoms with Gasteiger partial charge in [0.25, 0.3) is 0 Å². The molecule has 0 amide bonds. The first-order valence-corrected chi connectivity index (χ1v) is 7.66. The summed E-state index contributed by atoms with van der Waals surface area (Å²) < 4.78 is 11.4. The first-order valence-electron chi connectivity index (χ1n) is 2.49. The second-order valence-electron chi connectivity index (χ2n) is 1.03. The van der Waals surface area contributed by atoms with Gasteiger partial charge in [0.2, 0.25) is 0 Å². The Balaban J connectivity index is 0. The van der Waals surface area contributed by atoms with E-state index < -0.39 is 8.69 Å². The van der Waals surface area contributed by atoms with Crippen LogP contribution in [0.3, 0.4) is 0 Å². The van der Waals surface area contributed by atoms with Crippen molar-refractivity contribution in [2.24, 2.45) is 0 Å². The first-order chi connectivity index (χ1) is 3.83. The van der Waals surface area contributed by atoms with Gasteiger partial charge in [-0.25, -0.2) is 0 Å². The van der Waals surface area contributed by atoms with E-state index in [0.717, 1.165) is 0 Å². The van der Waals surface area contributed by atoms with Crippen molar-refractivity contribution in [1.29, 1.82) is 0 Å². The Hall–Kier alpha value is 1.44. The third-order valence-electron chi connectivity index (χ3n) is 0.500. The van der Waals surface area contributed by atoms with Gasteiger partial charge in [-0.05, 0) is 0 Å². The van der Waals surface area contributed by atoms with Crippen LogP contribution in [0.4, 0.5) is 0 Å². The molecule has 0 aromatic carbocycles. The summed E-state index contributed by atoms with van der Waals surface area (Å²) in [4.78, 5) is 8.35. The van der Waals surface area contributed by atoms with E-state index in [-0.39, 0.29) is 37.6 Å². The van der Waals surface area contributed by atoms with Crippen molar-refractivity contribution in [1.82, 2.24) is 0 Å². The normalized spacial score (nSPS) is 6.88. The van der Waals surface area contributed by atoms with E-state index in [1.165, 1.54) is 3.88 Å². The molecule has 0 spiro atoms. The number of rotatable bonds is 2. The summed E-state index contributed by atoms with van der Waals surface area (Å²) in [5.74, 6) is 0. The zero-order valence-corrected chi connectivity index (χ0v) is 9.21. The summed E-state index contributed by atoms with van der Waals surface area (Å²) in [7, 11) is -1.08. The van der Waals surface area contributed by atoms with Crippen molar-refractivity contribution >= 4 is 8.69 Å². The van der Waals surface area contributed by atoms with Crippen LogP contribution in [0.5, 0.6) is 0 Å². The summed E-state index contributed by atoms with van der Waals surface area (Å²) in [5, 5.41) is 0. The maximum Gasteiger partial charge on any atom is 0.0642 e. The smallest absolute Gasteiger partial charge is 0.0642 e. The Morgan fingerprint density at radius 1 is 1.50 bits per heavy atom. The summed E-state index contributed by atoms with van der Waals surface area (Å²) in [6, 6.07) is 0. The molecule has 4 heteroatoms. The van der Waals surface area contributed by atoms with Crippen LogP contribution < -0.4 is 4.89 Å². The van der Waals surface area contributed by atoms with Gasteiger partial charge in [0, 0.05) is 0 Å². The van der Waals surface area contributed by atoms with E-state index in [1.54, 1.807) is 0 Å². The fourth-order valence-corrected chi connectivity index (χ4v) is 1.82. The largest absolute Gasteiger partial charge is 0.772 e. The molecule has 2 nitrogen and oxygen atoms in total. The molecular weight excluding hydrogens is 251 g/mol. The third-order valence-corrected chi connectivity index (χ3v) is 3.64. The fourth-order valence-electron chi connectivity index (χ4n) is 0.250. The minimum absolute atomic E-state index is 0.0494. The molecule has 0 aliphatic rings. The molecule has 0 fully saturated rings. The minimum Gasteiger partial charge on any atom is -0.772 e. The van der Waals surface area contributed by atoms with E-state index in [9.17, 15) is 0 Å². The average Bonchev–Trinajstić information content (AvgIpc) is 1.71. The SMILES string of the molecule is C[CH2][Ce+][CH2]C.O=P[O-]. The van der Waals surface area contributed by atoms with E-state index in [2.05, 4.69) is 13.8 Å². The fraction of sp³-hybridized carbons (Fsp3) is 1.00. The van der Waals surface area contributed by atoms with Gasteiger partial charge in [-0.15, -0.1) is 0 Å². The minimum atomic E-state index is -1.08. The first kappa shape index (κ1) is 12.1. The Labute approximate surface area is 72.6 Å². The predicted octanol–water partition coefficient (Wildman–Crippen LogP) is 1.50. The molecule has 0 aromatic heterocycles. The molecule has 0 atom stereocenters. The van der Waals surface area contributed by atoms with Crippen molar-refractivity contribution in [2.75, 3.05) is 0 Å². The summed E-state index contributed by atoms with van der Waals surface area (Å²) in [6.07, 6.45) is 0. The van der Waals surface area contributed by atoms with Crippen LogP contribution in [0.1, 0.15) is 13.8 Å². The van der Waals surface area contributed by atoms with Crippen molar-refractivity contribution < 1.29 is 47.0 Å². The Morgan fingerprint density at radius 2 is 1.75 bits per heavy atom. The van der Waals surface area contributed by atoms with Crippen LogP contribution in [-0.2, 0) is 4.57 Å². The molecule has 47 valence electrons. The quantitative estimate of drug-likeness (QED) is 0.707. The Bertz CT molecular complexity index is 41.0. The van der Waals surface area contributed by atoms with E-state index >= 15 is 0 Å². The maximum absolute atomic E-state index is 8.35. The van der Waals surface area contributed by atoms with E-state index in [4.69, 9.17) is 9.46 Å². The van der Waals surface area contributed by atoms with Crippen molar-refractivity contribution in [3.05, 3.63) is 0 Å². The molecule has 0 radical (unpaired) electrons. The van der Waals surface area contributed by atoms with Gasteiger partial charge in [0.15, 0.2) is 0 Å². The van der Waals surface area contributed by atoms with Gasteiger partial charge >= 0.3 is 55.3 Å². The molecule has 0 aromatic rings. The zero-order chi connectivity index (χ0) is 6.83. The third kappa shape index (κ3) is 26.1. The summed E-state index contributed by atoms with van der Waals surface area (Å²) in [5.41, 5.74) is 0. The predicted molar refractivity (Wildman–Crippen MR) is 28.6 cm³/mol. The molecule has 0 N–H and O–H groups in total. The molecule has 8 heavy (non-hydrogen) atoms. The molecule has 0 unspecified atom stereocenters. The van der Waals surface area contributed by atoms with Gasteiger partial charge in [0.1, 0.15) is 0 Å². The van der Waals surface area contributed by atoms with Crippen LogP contribution >= 0.6 is 8.69 Å². The topological polar surface area (TPSA) is 40.1 Å². The molecule has 0 bridgehead atoms. The van der Waals surface area contributed by atoms with Gasteiger partial charge < -0.3 is 4.89 Å². The van der Waals surface area contributed by atoms with Crippen LogP contribution in [0.15, 0.2) is 0 Å². The molecule has 0 saturated heterocycles. The van der Waals surface area contributed by atoms with Crippen LogP contribution in [0.25, 0.3) is 0 Å². The Kier molecular flexibility index (Phi) is 24.0. The standard InChI is InChI=1S/2C2H5.Ce.HO2P/c2*1-2;;1-3-2/h2*1H2,2H3;;(H,1,2)/q;;+1;/p-1. The van der Waals surface area contributed by atoms with Crippen LogP contribution in [0, 0.1) is 37.6 Å². The molecular formula is C4H10CeO2P. The summed E-state index contributed by atoms with van der Waals surface area (Å²) in [6.45, 7) is 4.60. The van der Waals surface area contributed by atoms with Gasteiger partial charge in [-0.3, -0.25) is 4.57 Å². The van der Waals surface area contributed by atoms with Crippen LogP contribution in [0.2, 0.25) is 3.88 Å². The van der Waals surface area contributed by atoms with Crippen LogP contribution in [-0.4, -0.2) is 0 Å². The summed E-state index contributed by atoms with van der Waals surface area (Å²) >= 11 is 0.0494. The molecule has 0 heterocycles. The van der Waals surface area contributed by atoms with Crippen molar-refractivity contribution in [3.8, 4) is 0 Å². The van der Waals surface area contributed by atoms with Crippen molar-refractivity contribution in [2.45, 2.75) is 17.7 Å². The second-order valence-corrected chi connectivity index (χ2v) is 7.19. The molecule has 0 rings (SSSR count).